The molecule has 0 aliphatic carbocycles. The van der Waals surface area contributed by atoms with Gasteiger partial charge in [0.25, 0.3) is 10.0 Å². The number of hydrogen-bond donors (Lipinski definition) is 2. The second-order valence-electron chi connectivity index (χ2n) is 5.82. The number of carboxylic acid groups (broad SMARTS) is 1. The Kier molecular flexibility index (Phi) is 5.83. The standard InChI is InChI=1S/C20H15ClN2O4S/c21-16-10-11-17(15(13-16)5-1-2-9-19(24)25)23-28(26,27)18-8-3-6-14-7-4-12-22-20(14)18/h3-4,6-8,10-13,23H,2,9H2,(H,24,25). The summed E-state index contributed by atoms with van der Waals surface area (Å²) in [6.45, 7) is 0. The van der Waals surface area contributed by atoms with Crippen LogP contribution in [0.25, 0.3) is 10.9 Å². The molecule has 1 heterocycles. The van der Waals surface area contributed by atoms with E-state index in [0.29, 0.717) is 21.5 Å². The van der Waals surface area contributed by atoms with Gasteiger partial charge in [-0.15, -0.1) is 0 Å². The predicted molar refractivity (Wildman–Crippen MR) is 108 cm³/mol. The average molecular weight is 415 g/mol. The van der Waals surface area contributed by atoms with Crippen molar-refractivity contribution in [3.63, 3.8) is 0 Å². The third kappa shape index (κ3) is 4.60. The van der Waals surface area contributed by atoms with E-state index in [9.17, 15) is 13.2 Å². The van der Waals surface area contributed by atoms with Crippen molar-refractivity contribution in [3.8, 4) is 11.8 Å². The number of fused-ring (bicyclic) bond motifs is 1. The van der Waals surface area contributed by atoms with E-state index in [1.54, 1.807) is 30.3 Å². The second-order valence-corrected chi connectivity index (χ2v) is 7.91. The number of hydrogen-bond acceptors (Lipinski definition) is 4. The molecule has 0 atom stereocenters. The summed E-state index contributed by atoms with van der Waals surface area (Å²) in [5.74, 6) is 4.55. The predicted octanol–water partition coefficient (Wildman–Crippen LogP) is 3.91. The Bertz CT molecular complexity index is 1210. The number of carboxylic acids is 1. The Morgan fingerprint density at radius 1 is 1.18 bits per heavy atom. The molecule has 0 saturated carbocycles. The third-order valence-corrected chi connectivity index (χ3v) is 5.43. The van der Waals surface area contributed by atoms with Crippen molar-refractivity contribution < 1.29 is 18.3 Å². The van der Waals surface area contributed by atoms with Crippen LogP contribution in [0.1, 0.15) is 18.4 Å². The van der Waals surface area contributed by atoms with Crippen molar-refractivity contribution >= 4 is 44.2 Å². The van der Waals surface area contributed by atoms with Crippen LogP contribution >= 0.6 is 11.6 Å². The van der Waals surface area contributed by atoms with Gasteiger partial charge < -0.3 is 5.11 Å². The highest BCUT2D eigenvalue weighted by Gasteiger charge is 2.19. The molecule has 0 unspecified atom stereocenters. The van der Waals surface area contributed by atoms with Gasteiger partial charge in [0, 0.05) is 23.0 Å². The van der Waals surface area contributed by atoms with Crippen LogP contribution in [0.5, 0.6) is 0 Å². The molecule has 28 heavy (non-hydrogen) atoms. The number of anilines is 1. The van der Waals surface area contributed by atoms with Gasteiger partial charge in [-0.1, -0.05) is 41.6 Å². The van der Waals surface area contributed by atoms with Crippen LogP contribution in [0.15, 0.2) is 59.6 Å². The molecule has 1 aromatic heterocycles. The molecule has 142 valence electrons. The number of rotatable bonds is 5. The van der Waals surface area contributed by atoms with Gasteiger partial charge in [0.1, 0.15) is 4.90 Å². The number of carbonyl (C=O) groups is 1. The lowest BCUT2D eigenvalue weighted by Gasteiger charge is -2.12. The Morgan fingerprint density at radius 3 is 2.75 bits per heavy atom. The first-order valence-corrected chi connectivity index (χ1v) is 10.1. The van der Waals surface area contributed by atoms with E-state index in [1.807, 2.05) is 0 Å². The van der Waals surface area contributed by atoms with Crippen LogP contribution in [-0.2, 0) is 14.8 Å². The van der Waals surface area contributed by atoms with Gasteiger partial charge in [-0.25, -0.2) is 8.42 Å². The molecule has 3 aromatic rings. The van der Waals surface area contributed by atoms with Crippen LogP contribution in [0, 0.1) is 11.8 Å². The molecule has 6 nitrogen and oxygen atoms in total. The zero-order valence-electron chi connectivity index (χ0n) is 14.5. The lowest BCUT2D eigenvalue weighted by molar-refractivity contribution is -0.136. The monoisotopic (exact) mass is 414 g/mol. The van der Waals surface area contributed by atoms with Gasteiger partial charge >= 0.3 is 5.97 Å². The van der Waals surface area contributed by atoms with Crippen molar-refractivity contribution in [2.24, 2.45) is 0 Å². The summed E-state index contributed by atoms with van der Waals surface area (Å²) in [5, 5.41) is 9.78. The van der Waals surface area contributed by atoms with E-state index in [4.69, 9.17) is 16.7 Å². The maximum atomic E-state index is 13.0. The molecule has 2 aromatic carbocycles. The first kappa shape index (κ1) is 19.7. The van der Waals surface area contributed by atoms with E-state index in [1.165, 1.54) is 24.4 Å². The number of aliphatic carboxylic acids is 1. The lowest BCUT2D eigenvalue weighted by Crippen LogP contribution is -2.14. The Hall–Kier alpha value is -3.08. The molecule has 8 heteroatoms. The molecule has 0 amide bonds. The number of nitrogens with zero attached hydrogens (tertiary/aromatic N) is 1. The molecule has 0 saturated heterocycles. The summed E-state index contributed by atoms with van der Waals surface area (Å²) in [6.07, 6.45) is 1.57. The van der Waals surface area contributed by atoms with Crippen molar-refractivity contribution in [2.45, 2.75) is 17.7 Å². The number of halogens is 1. The fourth-order valence-electron chi connectivity index (χ4n) is 2.53. The number of pyridine rings is 1. The molecule has 0 spiro atoms. The van der Waals surface area contributed by atoms with Gasteiger partial charge in [0.2, 0.25) is 0 Å². The van der Waals surface area contributed by atoms with Crippen LogP contribution in [0.4, 0.5) is 5.69 Å². The minimum Gasteiger partial charge on any atom is -0.481 e. The van der Waals surface area contributed by atoms with E-state index in [2.05, 4.69) is 21.5 Å². The molecule has 0 aliphatic heterocycles. The second kappa shape index (κ2) is 8.30. The van der Waals surface area contributed by atoms with E-state index in [-0.39, 0.29) is 23.4 Å². The number of sulfonamides is 1. The maximum absolute atomic E-state index is 13.0. The lowest BCUT2D eigenvalue weighted by atomic mass is 10.2. The number of nitrogens with one attached hydrogen (secondary N) is 1. The summed E-state index contributed by atoms with van der Waals surface area (Å²) < 4.78 is 28.5. The van der Waals surface area contributed by atoms with Gasteiger partial charge in [-0.2, -0.15) is 0 Å². The van der Waals surface area contributed by atoms with Crippen LogP contribution in [0.3, 0.4) is 0 Å². The fraction of sp³-hybridized carbons (Fsp3) is 0.100. The third-order valence-electron chi connectivity index (χ3n) is 3.80. The maximum Gasteiger partial charge on any atom is 0.304 e. The summed E-state index contributed by atoms with van der Waals surface area (Å²) in [7, 11) is -3.94. The fourth-order valence-corrected chi connectivity index (χ4v) is 3.96. The first-order valence-electron chi connectivity index (χ1n) is 8.23. The van der Waals surface area contributed by atoms with Crippen LogP contribution in [0.2, 0.25) is 5.02 Å². The van der Waals surface area contributed by atoms with Gasteiger partial charge in [0.05, 0.1) is 23.2 Å². The van der Waals surface area contributed by atoms with Gasteiger partial charge in [-0.05, 0) is 30.3 Å². The number of aromatic nitrogens is 1. The molecule has 3 rings (SSSR count). The van der Waals surface area contributed by atoms with E-state index in [0.717, 1.165) is 0 Å². The van der Waals surface area contributed by atoms with Crippen molar-refractivity contribution in [1.82, 2.24) is 4.98 Å². The highest BCUT2D eigenvalue weighted by molar-refractivity contribution is 7.93. The highest BCUT2D eigenvalue weighted by atomic mass is 35.5. The van der Waals surface area contributed by atoms with Crippen molar-refractivity contribution in [2.75, 3.05) is 4.72 Å². The molecular weight excluding hydrogens is 400 g/mol. The molecule has 2 N–H and O–H groups in total. The Balaban J connectivity index is 1.97. The zero-order chi connectivity index (χ0) is 20.1. The van der Waals surface area contributed by atoms with E-state index < -0.39 is 16.0 Å². The van der Waals surface area contributed by atoms with Crippen molar-refractivity contribution in [3.05, 3.63) is 65.3 Å². The van der Waals surface area contributed by atoms with Crippen LogP contribution in [-0.4, -0.2) is 24.5 Å². The molecule has 0 aliphatic rings. The largest absolute Gasteiger partial charge is 0.481 e. The molecule has 0 bridgehead atoms. The quantitative estimate of drug-likeness (QED) is 0.617. The van der Waals surface area contributed by atoms with Crippen molar-refractivity contribution in [1.29, 1.82) is 0 Å². The summed E-state index contributed by atoms with van der Waals surface area (Å²) in [5.41, 5.74) is 0.968. The first-order chi connectivity index (χ1) is 13.4. The van der Waals surface area contributed by atoms with E-state index >= 15 is 0 Å². The topological polar surface area (TPSA) is 96.4 Å². The minimum absolute atomic E-state index is 0.0466. The summed E-state index contributed by atoms with van der Waals surface area (Å²) >= 11 is 6.00. The Morgan fingerprint density at radius 2 is 1.96 bits per heavy atom. The summed E-state index contributed by atoms with van der Waals surface area (Å²) in [4.78, 5) is 14.8. The average Bonchev–Trinajstić information content (AvgIpc) is 2.66. The smallest absolute Gasteiger partial charge is 0.304 e. The van der Waals surface area contributed by atoms with Gasteiger partial charge in [0.15, 0.2) is 0 Å². The Labute approximate surface area is 167 Å². The zero-order valence-corrected chi connectivity index (χ0v) is 16.1. The minimum atomic E-state index is -3.94. The van der Waals surface area contributed by atoms with Crippen LogP contribution < -0.4 is 4.72 Å². The SMILES string of the molecule is O=C(O)CCC#Cc1cc(Cl)ccc1NS(=O)(=O)c1cccc2cccnc12. The molecule has 0 fully saturated rings. The summed E-state index contributed by atoms with van der Waals surface area (Å²) in [6, 6.07) is 13.0. The highest BCUT2D eigenvalue weighted by Crippen LogP contribution is 2.26. The van der Waals surface area contributed by atoms with Gasteiger partial charge in [-0.3, -0.25) is 14.5 Å². The normalized spacial score (nSPS) is 10.9. The number of para-hydroxylation sites is 1. The molecular formula is C20H15ClN2O4S. The number of benzene rings is 2. The molecule has 0 radical (unpaired) electrons.